The summed E-state index contributed by atoms with van der Waals surface area (Å²) in [6, 6.07) is 4.79. The van der Waals surface area contributed by atoms with Crippen molar-refractivity contribution in [1.29, 1.82) is 0 Å². The largest absolute Gasteiger partial charge is 0.462 e. The van der Waals surface area contributed by atoms with Gasteiger partial charge < -0.3 is 14.4 Å². The maximum absolute atomic E-state index is 14.5. The van der Waals surface area contributed by atoms with Crippen molar-refractivity contribution in [2.45, 2.75) is 13.5 Å². The molecule has 0 unspecified atom stereocenters. The Bertz CT molecular complexity index is 832. The number of esters is 1. The van der Waals surface area contributed by atoms with Crippen LogP contribution in [0.3, 0.4) is 0 Å². The van der Waals surface area contributed by atoms with E-state index < -0.39 is 5.97 Å². The first-order valence-electron chi connectivity index (χ1n) is 8.92. The van der Waals surface area contributed by atoms with E-state index in [1.807, 2.05) is 0 Å². The summed E-state index contributed by atoms with van der Waals surface area (Å²) in [5.41, 5.74) is 0.573. The van der Waals surface area contributed by atoms with Gasteiger partial charge in [-0.1, -0.05) is 6.07 Å². The number of amides is 1. The quantitative estimate of drug-likeness (QED) is 0.705. The molecule has 0 bridgehead atoms. The molecule has 0 radical (unpaired) electrons. The third kappa shape index (κ3) is 4.45. The number of carbonyl (C=O) groups is 2. The summed E-state index contributed by atoms with van der Waals surface area (Å²) in [5.74, 6) is -0.832. The van der Waals surface area contributed by atoms with E-state index >= 15 is 0 Å². The van der Waals surface area contributed by atoms with Gasteiger partial charge in [0.2, 0.25) is 5.91 Å². The van der Waals surface area contributed by atoms with E-state index in [2.05, 4.69) is 0 Å². The fourth-order valence-electron chi connectivity index (χ4n) is 3.15. The van der Waals surface area contributed by atoms with Gasteiger partial charge in [-0.15, -0.1) is 11.3 Å². The normalized spacial score (nSPS) is 14.7. The van der Waals surface area contributed by atoms with Crippen LogP contribution in [0, 0.1) is 5.82 Å². The molecule has 1 saturated heterocycles. The van der Waals surface area contributed by atoms with Crippen molar-refractivity contribution in [1.82, 2.24) is 9.80 Å². The SMILES string of the molecule is CCOC(=O)c1sc2cccc(F)c2c1CN(C)CC(=O)N1CCOCC1. The number of rotatable bonds is 6. The molecule has 3 rings (SSSR count). The first kappa shape index (κ1) is 19.7. The number of hydrogen-bond acceptors (Lipinski definition) is 6. The summed E-state index contributed by atoms with van der Waals surface area (Å²) < 4.78 is 25.6. The molecular weight excluding hydrogens is 371 g/mol. The van der Waals surface area contributed by atoms with Crippen molar-refractivity contribution >= 4 is 33.3 Å². The molecule has 0 aliphatic carbocycles. The van der Waals surface area contributed by atoms with Crippen molar-refractivity contribution in [2.75, 3.05) is 46.5 Å². The van der Waals surface area contributed by atoms with Crippen LogP contribution in [0.4, 0.5) is 4.39 Å². The van der Waals surface area contributed by atoms with Gasteiger partial charge in [0.05, 0.1) is 26.4 Å². The van der Waals surface area contributed by atoms with Crippen molar-refractivity contribution in [3.63, 3.8) is 0 Å². The molecule has 0 spiro atoms. The number of thiophene rings is 1. The topological polar surface area (TPSA) is 59.1 Å². The summed E-state index contributed by atoms with van der Waals surface area (Å²) >= 11 is 1.22. The molecule has 0 atom stereocenters. The van der Waals surface area contributed by atoms with Crippen LogP contribution >= 0.6 is 11.3 Å². The molecule has 1 aliphatic rings. The minimum atomic E-state index is -0.457. The fourth-order valence-corrected chi connectivity index (χ4v) is 4.27. The van der Waals surface area contributed by atoms with E-state index in [0.717, 1.165) is 0 Å². The first-order chi connectivity index (χ1) is 13.0. The van der Waals surface area contributed by atoms with Gasteiger partial charge in [0, 0.05) is 35.3 Å². The number of morpholine rings is 1. The second-order valence-electron chi connectivity index (χ2n) is 6.41. The number of ether oxygens (including phenoxy) is 2. The summed E-state index contributed by atoms with van der Waals surface area (Å²) in [6.45, 7) is 4.71. The molecule has 27 heavy (non-hydrogen) atoms. The third-order valence-electron chi connectivity index (χ3n) is 4.42. The molecule has 2 aromatic rings. The molecule has 0 saturated carbocycles. The number of carbonyl (C=O) groups excluding carboxylic acids is 2. The summed E-state index contributed by atoms with van der Waals surface area (Å²) in [7, 11) is 1.79. The smallest absolute Gasteiger partial charge is 0.348 e. The lowest BCUT2D eigenvalue weighted by Crippen LogP contribution is -2.45. The van der Waals surface area contributed by atoms with E-state index in [0.29, 0.717) is 46.8 Å². The zero-order valence-electron chi connectivity index (χ0n) is 15.5. The van der Waals surface area contributed by atoms with Crippen LogP contribution < -0.4 is 0 Å². The van der Waals surface area contributed by atoms with Gasteiger partial charge in [-0.2, -0.15) is 0 Å². The molecule has 8 heteroatoms. The molecule has 1 fully saturated rings. The highest BCUT2D eigenvalue weighted by atomic mass is 32.1. The highest BCUT2D eigenvalue weighted by Gasteiger charge is 2.24. The molecule has 2 heterocycles. The van der Waals surface area contributed by atoms with Gasteiger partial charge in [-0.05, 0) is 26.1 Å². The highest BCUT2D eigenvalue weighted by Crippen LogP contribution is 2.34. The summed E-state index contributed by atoms with van der Waals surface area (Å²) in [4.78, 5) is 28.8. The average Bonchev–Trinajstić information content (AvgIpc) is 3.02. The Morgan fingerprint density at radius 3 is 2.78 bits per heavy atom. The number of hydrogen-bond donors (Lipinski definition) is 0. The molecule has 1 aliphatic heterocycles. The number of nitrogens with zero attached hydrogens (tertiary/aromatic N) is 2. The van der Waals surface area contributed by atoms with Gasteiger partial charge in [0.1, 0.15) is 10.7 Å². The van der Waals surface area contributed by atoms with Crippen molar-refractivity contribution in [2.24, 2.45) is 0 Å². The molecule has 146 valence electrons. The first-order valence-corrected chi connectivity index (χ1v) is 9.74. The van der Waals surface area contributed by atoms with Crippen LogP contribution in [0.5, 0.6) is 0 Å². The Labute approximate surface area is 161 Å². The average molecular weight is 394 g/mol. The minimum Gasteiger partial charge on any atom is -0.462 e. The van der Waals surface area contributed by atoms with Gasteiger partial charge in [0.15, 0.2) is 0 Å². The molecule has 1 amide bonds. The summed E-state index contributed by atoms with van der Waals surface area (Å²) in [5, 5.41) is 0.427. The zero-order chi connectivity index (χ0) is 19.4. The van der Waals surface area contributed by atoms with Gasteiger partial charge in [-0.3, -0.25) is 9.69 Å². The lowest BCUT2D eigenvalue weighted by molar-refractivity contribution is -0.136. The van der Waals surface area contributed by atoms with Gasteiger partial charge in [-0.25, -0.2) is 9.18 Å². The Morgan fingerprint density at radius 2 is 2.07 bits per heavy atom. The number of halogens is 1. The van der Waals surface area contributed by atoms with Crippen LogP contribution in [0.1, 0.15) is 22.2 Å². The van der Waals surface area contributed by atoms with Gasteiger partial charge >= 0.3 is 5.97 Å². The Hall–Kier alpha value is -2.03. The highest BCUT2D eigenvalue weighted by molar-refractivity contribution is 7.21. The molecule has 1 aromatic carbocycles. The number of fused-ring (bicyclic) bond motifs is 1. The lowest BCUT2D eigenvalue weighted by Gasteiger charge is -2.28. The Balaban J connectivity index is 1.82. The van der Waals surface area contributed by atoms with Crippen molar-refractivity contribution in [3.8, 4) is 0 Å². The lowest BCUT2D eigenvalue weighted by atomic mass is 10.1. The third-order valence-corrected chi connectivity index (χ3v) is 5.60. The van der Waals surface area contributed by atoms with Crippen LogP contribution in [0.2, 0.25) is 0 Å². The van der Waals surface area contributed by atoms with E-state index in [-0.39, 0.29) is 31.4 Å². The summed E-state index contributed by atoms with van der Waals surface area (Å²) in [6.07, 6.45) is 0. The maximum Gasteiger partial charge on any atom is 0.348 e. The van der Waals surface area contributed by atoms with Crippen LogP contribution in [0.25, 0.3) is 10.1 Å². The Morgan fingerprint density at radius 1 is 1.33 bits per heavy atom. The predicted octanol–water partition coefficient (Wildman–Crippen LogP) is 2.51. The minimum absolute atomic E-state index is 0.00140. The zero-order valence-corrected chi connectivity index (χ0v) is 16.3. The second kappa shape index (κ2) is 8.77. The second-order valence-corrected chi connectivity index (χ2v) is 7.46. The number of benzene rings is 1. The van der Waals surface area contributed by atoms with E-state index in [1.165, 1.54) is 17.4 Å². The molecule has 0 N–H and O–H groups in total. The molecule has 1 aromatic heterocycles. The standard InChI is InChI=1S/C19H23FN2O4S/c1-3-26-19(24)18-13(17-14(20)5-4-6-15(17)27-18)11-21(2)12-16(23)22-7-9-25-10-8-22/h4-6H,3,7-12H2,1-2H3. The van der Waals surface area contributed by atoms with E-state index in [1.54, 1.807) is 35.9 Å². The van der Waals surface area contributed by atoms with Crippen molar-refractivity contribution < 1.29 is 23.5 Å². The Kier molecular flexibility index (Phi) is 6.41. The molecule has 6 nitrogen and oxygen atoms in total. The predicted molar refractivity (Wildman–Crippen MR) is 101 cm³/mol. The van der Waals surface area contributed by atoms with Crippen LogP contribution in [0.15, 0.2) is 18.2 Å². The monoisotopic (exact) mass is 394 g/mol. The van der Waals surface area contributed by atoms with Gasteiger partial charge in [0.25, 0.3) is 0 Å². The van der Waals surface area contributed by atoms with E-state index in [4.69, 9.17) is 9.47 Å². The molecular formula is C19H23FN2O4S. The van der Waals surface area contributed by atoms with Crippen LogP contribution in [-0.2, 0) is 20.8 Å². The fraction of sp³-hybridized carbons (Fsp3) is 0.474. The number of likely N-dealkylation sites (N-methyl/N-ethyl adjacent to an activating group) is 1. The van der Waals surface area contributed by atoms with E-state index in [9.17, 15) is 14.0 Å². The van der Waals surface area contributed by atoms with Crippen molar-refractivity contribution in [3.05, 3.63) is 34.5 Å². The van der Waals surface area contributed by atoms with Crippen LogP contribution in [-0.4, -0.2) is 68.2 Å². The maximum atomic E-state index is 14.5.